The summed E-state index contributed by atoms with van der Waals surface area (Å²) in [4.78, 5) is 10.9. The number of halogens is 1. The van der Waals surface area contributed by atoms with Crippen molar-refractivity contribution in [2.45, 2.75) is 0 Å². The predicted molar refractivity (Wildman–Crippen MR) is 50.1 cm³/mol. The third-order valence-electron chi connectivity index (χ3n) is 1.28. The molecule has 0 fully saturated rings. The number of Topliss-reactive ketones (excluding diaryl/α,β-unsaturated/α-hetero) is 1. The molecule has 0 radical (unpaired) electrons. The van der Waals surface area contributed by atoms with Gasteiger partial charge in [0.2, 0.25) is 0 Å². The molecule has 3 heteroatoms. The Balaban J connectivity index is 0.000001000. The van der Waals surface area contributed by atoms with E-state index in [1.54, 1.807) is 12.1 Å². The maximum Gasteiger partial charge on any atom is 0.176 e. The third-order valence-corrected chi connectivity index (χ3v) is 1.28. The lowest BCUT2D eigenvalue weighted by atomic mass is 10.1. The highest BCUT2D eigenvalue weighted by Crippen LogP contribution is 1.97. The molecule has 60 valence electrons. The Bertz CT molecular complexity index is 223. The topological polar surface area (TPSA) is 43.1 Å². The van der Waals surface area contributed by atoms with E-state index in [0.29, 0.717) is 5.56 Å². The molecule has 0 aromatic heterocycles. The van der Waals surface area contributed by atoms with Gasteiger partial charge in [0.15, 0.2) is 5.78 Å². The highest BCUT2D eigenvalue weighted by Gasteiger charge is 1.98. The van der Waals surface area contributed by atoms with Gasteiger partial charge in [-0.1, -0.05) is 30.3 Å². The second-order valence-corrected chi connectivity index (χ2v) is 1.99. The first-order chi connectivity index (χ1) is 4.84. The number of hydrogen-bond donors (Lipinski definition) is 1. The van der Waals surface area contributed by atoms with Crippen LogP contribution >= 0.6 is 17.0 Å². The smallest absolute Gasteiger partial charge is 0.176 e. The molecule has 0 spiro atoms. The summed E-state index contributed by atoms with van der Waals surface area (Å²) >= 11 is 0. The Hall–Kier alpha value is -0.670. The van der Waals surface area contributed by atoms with Crippen LogP contribution in [0, 0.1) is 0 Å². The fourth-order valence-electron chi connectivity index (χ4n) is 0.742. The van der Waals surface area contributed by atoms with Gasteiger partial charge in [0.05, 0.1) is 6.54 Å². The fourth-order valence-corrected chi connectivity index (χ4v) is 0.742. The van der Waals surface area contributed by atoms with E-state index in [9.17, 15) is 4.79 Å². The third kappa shape index (κ3) is 2.82. The summed E-state index contributed by atoms with van der Waals surface area (Å²) in [6, 6.07) is 9.03. The maximum atomic E-state index is 10.9. The number of nitrogens with two attached hydrogens (primary N) is 1. The van der Waals surface area contributed by atoms with Gasteiger partial charge in [-0.25, -0.2) is 0 Å². The van der Waals surface area contributed by atoms with E-state index < -0.39 is 0 Å². The van der Waals surface area contributed by atoms with Crippen LogP contribution in [0.4, 0.5) is 0 Å². The average Bonchev–Trinajstić information content (AvgIpc) is 2.05. The van der Waals surface area contributed by atoms with Crippen molar-refractivity contribution < 1.29 is 4.79 Å². The van der Waals surface area contributed by atoms with Crippen molar-refractivity contribution in [2.24, 2.45) is 5.73 Å². The molecule has 0 aliphatic heterocycles. The largest absolute Gasteiger partial charge is 0.324 e. The lowest BCUT2D eigenvalue weighted by molar-refractivity contribution is 0.100. The molecule has 0 amide bonds. The summed E-state index contributed by atoms with van der Waals surface area (Å²) in [7, 11) is 0. The van der Waals surface area contributed by atoms with Crippen LogP contribution in [0.1, 0.15) is 10.4 Å². The van der Waals surface area contributed by atoms with Gasteiger partial charge in [-0.15, -0.1) is 17.0 Å². The molecular weight excluding hydrogens is 206 g/mol. The summed E-state index contributed by atoms with van der Waals surface area (Å²) in [5, 5.41) is 0. The minimum absolute atomic E-state index is 0. The molecule has 0 unspecified atom stereocenters. The molecule has 1 rings (SSSR count). The van der Waals surface area contributed by atoms with Crippen molar-refractivity contribution in [3.63, 3.8) is 0 Å². The zero-order valence-corrected chi connectivity index (χ0v) is 7.70. The number of hydrogen-bond acceptors (Lipinski definition) is 2. The van der Waals surface area contributed by atoms with Crippen molar-refractivity contribution in [1.29, 1.82) is 0 Å². The van der Waals surface area contributed by atoms with Gasteiger partial charge in [-0.05, 0) is 0 Å². The first kappa shape index (κ1) is 10.3. The van der Waals surface area contributed by atoms with E-state index in [-0.39, 0.29) is 29.3 Å². The summed E-state index contributed by atoms with van der Waals surface area (Å²) in [5.74, 6) is -0.0133. The van der Waals surface area contributed by atoms with Crippen molar-refractivity contribution >= 4 is 22.8 Å². The molecule has 0 bridgehead atoms. The average molecular weight is 216 g/mol. The van der Waals surface area contributed by atoms with E-state index >= 15 is 0 Å². The highest BCUT2D eigenvalue weighted by molar-refractivity contribution is 8.93. The van der Waals surface area contributed by atoms with Crippen molar-refractivity contribution in [2.75, 3.05) is 6.54 Å². The van der Waals surface area contributed by atoms with Crippen LogP contribution in [0.25, 0.3) is 0 Å². The van der Waals surface area contributed by atoms with Crippen molar-refractivity contribution in [3.05, 3.63) is 35.9 Å². The fraction of sp³-hybridized carbons (Fsp3) is 0.125. The van der Waals surface area contributed by atoms with Gasteiger partial charge in [0, 0.05) is 5.56 Å². The summed E-state index contributed by atoms with van der Waals surface area (Å²) in [6.07, 6.45) is 0. The number of carbonyl (C=O) groups is 1. The lowest BCUT2D eigenvalue weighted by Gasteiger charge is -1.93. The number of benzene rings is 1. The molecule has 0 saturated heterocycles. The molecular formula is C8H10BrNO. The first-order valence-electron chi connectivity index (χ1n) is 3.13. The van der Waals surface area contributed by atoms with Crippen LogP contribution in [-0.2, 0) is 0 Å². The van der Waals surface area contributed by atoms with E-state index in [1.807, 2.05) is 18.2 Å². The standard InChI is InChI=1S/C8H9NO.BrH/c9-6-8(10)7-4-2-1-3-5-7;/h1-5H,6,9H2;1H. The first-order valence-corrected chi connectivity index (χ1v) is 3.13. The summed E-state index contributed by atoms with van der Waals surface area (Å²) in [6.45, 7) is 0.0873. The minimum atomic E-state index is -0.0133. The van der Waals surface area contributed by atoms with E-state index in [1.165, 1.54) is 0 Å². The second-order valence-electron chi connectivity index (χ2n) is 1.99. The van der Waals surface area contributed by atoms with Crippen LogP contribution in [0.15, 0.2) is 30.3 Å². The highest BCUT2D eigenvalue weighted by atomic mass is 79.9. The molecule has 11 heavy (non-hydrogen) atoms. The molecule has 0 atom stereocenters. The zero-order valence-electron chi connectivity index (χ0n) is 5.99. The van der Waals surface area contributed by atoms with E-state index in [0.717, 1.165) is 0 Å². The molecule has 1 aromatic rings. The Labute approximate surface area is 76.2 Å². The molecule has 2 nitrogen and oxygen atoms in total. The second kappa shape index (κ2) is 5.04. The Morgan fingerprint density at radius 1 is 1.27 bits per heavy atom. The van der Waals surface area contributed by atoms with Crippen LogP contribution < -0.4 is 5.73 Å². The predicted octanol–water partition coefficient (Wildman–Crippen LogP) is 1.41. The molecule has 0 aliphatic carbocycles. The van der Waals surface area contributed by atoms with Crippen LogP contribution in [-0.4, -0.2) is 12.3 Å². The maximum absolute atomic E-state index is 10.9. The number of carbonyl (C=O) groups excluding carboxylic acids is 1. The summed E-state index contributed by atoms with van der Waals surface area (Å²) in [5.41, 5.74) is 5.84. The zero-order chi connectivity index (χ0) is 7.40. The normalized spacial score (nSPS) is 8.45. The minimum Gasteiger partial charge on any atom is -0.324 e. The van der Waals surface area contributed by atoms with E-state index in [4.69, 9.17) is 5.73 Å². The molecule has 2 N–H and O–H groups in total. The van der Waals surface area contributed by atoms with Gasteiger partial charge in [-0.3, -0.25) is 4.79 Å². The molecule has 0 heterocycles. The Morgan fingerprint density at radius 3 is 2.27 bits per heavy atom. The van der Waals surface area contributed by atoms with Crippen molar-refractivity contribution in [1.82, 2.24) is 0 Å². The van der Waals surface area contributed by atoms with Gasteiger partial charge < -0.3 is 5.73 Å². The lowest BCUT2D eigenvalue weighted by Crippen LogP contribution is -2.12. The van der Waals surface area contributed by atoms with Crippen molar-refractivity contribution in [3.8, 4) is 0 Å². The Kier molecular flexibility index (Phi) is 4.74. The molecule has 0 saturated carbocycles. The van der Waals surface area contributed by atoms with Crippen LogP contribution in [0.2, 0.25) is 0 Å². The van der Waals surface area contributed by atoms with Gasteiger partial charge in [0.1, 0.15) is 0 Å². The van der Waals surface area contributed by atoms with Gasteiger partial charge in [-0.2, -0.15) is 0 Å². The monoisotopic (exact) mass is 215 g/mol. The van der Waals surface area contributed by atoms with Crippen LogP contribution in [0.3, 0.4) is 0 Å². The molecule has 0 aliphatic rings. The number of rotatable bonds is 2. The SMILES string of the molecule is Br.NCC(=O)c1ccccc1. The number of ketones is 1. The van der Waals surface area contributed by atoms with Crippen LogP contribution in [0.5, 0.6) is 0 Å². The quantitative estimate of drug-likeness (QED) is 0.759. The van der Waals surface area contributed by atoms with Gasteiger partial charge in [0.25, 0.3) is 0 Å². The van der Waals surface area contributed by atoms with E-state index in [2.05, 4.69) is 0 Å². The van der Waals surface area contributed by atoms with Gasteiger partial charge >= 0.3 is 0 Å². The molecule has 1 aromatic carbocycles. The Morgan fingerprint density at radius 2 is 1.82 bits per heavy atom. The summed E-state index contributed by atoms with van der Waals surface area (Å²) < 4.78 is 0.